The molecule has 1 saturated carbocycles. The number of nitrogens with one attached hydrogen (secondary N) is 2. The first-order valence-corrected chi connectivity index (χ1v) is 8.85. The molecule has 118 valence electrons. The molecule has 4 nitrogen and oxygen atoms in total. The molecule has 0 aliphatic heterocycles. The van der Waals surface area contributed by atoms with Gasteiger partial charge in [-0.2, -0.15) is 0 Å². The molecule has 1 atom stereocenters. The summed E-state index contributed by atoms with van der Waals surface area (Å²) in [6.07, 6.45) is 2.13. The molecule has 2 N–H and O–H groups in total. The van der Waals surface area contributed by atoms with Gasteiger partial charge in [-0.15, -0.1) is 0 Å². The normalized spacial score (nSPS) is 17.0. The second kappa shape index (κ2) is 6.42. The predicted octanol–water partition coefficient (Wildman–Crippen LogP) is 2.32. The molecule has 0 spiro atoms. The van der Waals surface area contributed by atoms with Crippen molar-refractivity contribution >= 4 is 10.0 Å². The van der Waals surface area contributed by atoms with Crippen LogP contribution < -0.4 is 10.0 Å². The molecule has 1 fully saturated rings. The molecule has 21 heavy (non-hydrogen) atoms. The molecular formula is C15H23FN2O2S. The van der Waals surface area contributed by atoms with E-state index in [2.05, 4.69) is 10.0 Å². The van der Waals surface area contributed by atoms with Gasteiger partial charge in [-0.3, -0.25) is 0 Å². The fourth-order valence-electron chi connectivity index (χ4n) is 2.36. The van der Waals surface area contributed by atoms with E-state index in [-0.39, 0.29) is 16.8 Å². The highest BCUT2D eigenvalue weighted by molar-refractivity contribution is 7.89. The highest BCUT2D eigenvalue weighted by Gasteiger charge is 2.31. The third-order valence-electron chi connectivity index (χ3n) is 3.85. The van der Waals surface area contributed by atoms with E-state index in [0.29, 0.717) is 30.1 Å². The average molecular weight is 314 g/mol. The molecule has 1 aliphatic rings. The summed E-state index contributed by atoms with van der Waals surface area (Å²) in [4.78, 5) is 0.141. The molecule has 1 unspecified atom stereocenters. The first kappa shape index (κ1) is 16.4. The van der Waals surface area contributed by atoms with Crippen molar-refractivity contribution in [1.29, 1.82) is 0 Å². The third kappa shape index (κ3) is 4.02. The predicted molar refractivity (Wildman–Crippen MR) is 81.0 cm³/mol. The van der Waals surface area contributed by atoms with Gasteiger partial charge in [-0.25, -0.2) is 17.5 Å². The van der Waals surface area contributed by atoms with Crippen LogP contribution >= 0.6 is 0 Å². The van der Waals surface area contributed by atoms with Crippen molar-refractivity contribution in [3.8, 4) is 0 Å². The second-order valence-corrected chi connectivity index (χ2v) is 7.45. The molecule has 2 rings (SSSR count). The molecule has 0 radical (unpaired) electrons. The lowest BCUT2D eigenvalue weighted by atomic mass is 10.1. The Balaban J connectivity index is 2.27. The van der Waals surface area contributed by atoms with Gasteiger partial charge in [0.2, 0.25) is 10.0 Å². The number of halogens is 1. The minimum absolute atomic E-state index is 0.0717. The van der Waals surface area contributed by atoms with Gasteiger partial charge in [0.05, 0.1) is 4.90 Å². The summed E-state index contributed by atoms with van der Waals surface area (Å²) < 4.78 is 41.6. The van der Waals surface area contributed by atoms with Gasteiger partial charge < -0.3 is 5.32 Å². The van der Waals surface area contributed by atoms with E-state index in [1.165, 1.54) is 12.1 Å². The summed E-state index contributed by atoms with van der Waals surface area (Å²) in [5, 5.41) is 3.03. The Hall–Kier alpha value is -0.980. The van der Waals surface area contributed by atoms with E-state index in [1.54, 1.807) is 6.92 Å². The van der Waals surface area contributed by atoms with Crippen LogP contribution in [0.1, 0.15) is 37.8 Å². The minimum Gasteiger partial charge on any atom is -0.313 e. The quantitative estimate of drug-likeness (QED) is 0.812. The van der Waals surface area contributed by atoms with Crippen LogP contribution in [0.15, 0.2) is 17.0 Å². The van der Waals surface area contributed by atoms with Crippen LogP contribution in [0.4, 0.5) is 4.39 Å². The van der Waals surface area contributed by atoms with Crippen molar-refractivity contribution in [2.24, 2.45) is 5.92 Å². The molecule has 1 aromatic carbocycles. The fraction of sp³-hybridized carbons (Fsp3) is 0.600. The molecule has 0 bridgehead atoms. The van der Waals surface area contributed by atoms with Crippen LogP contribution in [0.2, 0.25) is 0 Å². The monoisotopic (exact) mass is 314 g/mol. The standard InChI is InChI=1S/C15H23FN2O2S/c1-4-17-9-13-8-14(7-10(2)15(13)16)21(19,20)18-11(3)12-5-6-12/h7-8,11-12,17-18H,4-6,9H2,1-3H3. The first-order valence-electron chi connectivity index (χ1n) is 7.37. The molecular weight excluding hydrogens is 291 g/mol. The average Bonchev–Trinajstić information content (AvgIpc) is 3.24. The van der Waals surface area contributed by atoms with Crippen LogP contribution in [0.3, 0.4) is 0 Å². The van der Waals surface area contributed by atoms with E-state index >= 15 is 0 Å². The highest BCUT2D eigenvalue weighted by Crippen LogP contribution is 2.33. The zero-order valence-electron chi connectivity index (χ0n) is 12.7. The molecule has 6 heteroatoms. The summed E-state index contributed by atoms with van der Waals surface area (Å²) in [5.74, 6) is 0.0905. The highest BCUT2D eigenvalue weighted by atomic mass is 32.2. The first-order chi connectivity index (χ1) is 9.85. The summed E-state index contributed by atoms with van der Waals surface area (Å²) >= 11 is 0. The topological polar surface area (TPSA) is 58.2 Å². The summed E-state index contributed by atoms with van der Waals surface area (Å²) in [6.45, 7) is 6.42. The molecule has 0 amide bonds. The Labute approximate surface area is 126 Å². The largest absolute Gasteiger partial charge is 0.313 e. The summed E-state index contributed by atoms with van der Waals surface area (Å²) in [7, 11) is -3.60. The fourth-order valence-corrected chi connectivity index (χ4v) is 3.80. The molecule has 1 aromatic rings. The smallest absolute Gasteiger partial charge is 0.240 e. The van der Waals surface area contributed by atoms with E-state index in [4.69, 9.17) is 0 Å². The number of hydrogen-bond donors (Lipinski definition) is 2. The maximum absolute atomic E-state index is 14.0. The van der Waals surface area contributed by atoms with Crippen LogP contribution in [-0.2, 0) is 16.6 Å². The Bertz CT molecular complexity index is 612. The maximum atomic E-state index is 14.0. The van der Waals surface area contributed by atoms with E-state index in [0.717, 1.165) is 12.8 Å². The molecule has 0 saturated heterocycles. The van der Waals surface area contributed by atoms with Gasteiger partial charge in [0.15, 0.2) is 0 Å². The van der Waals surface area contributed by atoms with Crippen LogP contribution in [0.5, 0.6) is 0 Å². The number of benzene rings is 1. The van der Waals surface area contributed by atoms with Crippen LogP contribution in [0, 0.1) is 18.7 Å². The van der Waals surface area contributed by atoms with E-state index in [1.807, 2.05) is 13.8 Å². The van der Waals surface area contributed by atoms with Crippen molar-refractivity contribution in [2.75, 3.05) is 6.54 Å². The third-order valence-corrected chi connectivity index (χ3v) is 5.39. The van der Waals surface area contributed by atoms with Gasteiger partial charge in [-0.1, -0.05) is 6.92 Å². The number of rotatable bonds is 7. The van der Waals surface area contributed by atoms with Crippen molar-refractivity contribution in [1.82, 2.24) is 10.0 Å². The molecule has 1 aliphatic carbocycles. The van der Waals surface area contributed by atoms with Gasteiger partial charge in [0.1, 0.15) is 5.82 Å². The van der Waals surface area contributed by atoms with Crippen molar-refractivity contribution in [3.63, 3.8) is 0 Å². The van der Waals surface area contributed by atoms with Gasteiger partial charge in [0, 0.05) is 18.2 Å². The van der Waals surface area contributed by atoms with E-state index in [9.17, 15) is 12.8 Å². The van der Waals surface area contributed by atoms with Crippen molar-refractivity contribution in [2.45, 2.75) is 51.1 Å². The Morgan fingerprint density at radius 3 is 2.62 bits per heavy atom. The van der Waals surface area contributed by atoms with Gasteiger partial charge in [0.25, 0.3) is 0 Å². The van der Waals surface area contributed by atoms with Crippen LogP contribution in [-0.4, -0.2) is 21.0 Å². The Kier molecular flexibility index (Phi) is 5.01. The SMILES string of the molecule is CCNCc1cc(S(=O)(=O)NC(C)C2CC2)cc(C)c1F. The van der Waals surface area contributed by atoms with E-state index < -0.39 is 10.0 Å². The lowest BCUT2D eigenvalue weighted by Gasteiger charge is -2.15. The minimum atomic E-state index is -3.60. The van der Waals surface area contributed by atoms with Gasteiger partial charge in [-0.05, 0) is 56.8 Å². The van der Waals surface area contributed by atoms with Crippen molar-refractivity contribution in [3.05, 3.63) is 29.1 Å². The number of aryl methyl sites for hydroxylation is 1. The number of sulfonamides is 1. The Morgan fingerprint density at radius 2 is 2.05 bits per heavy atom. The van der Waals surface area contributed by atoms with Gasteiger partial charge >= 0.3 is 0 Å². The summed E-state index contributed by atoms with van der Waals surface area (Å²) in [5.41, 5.74) is 0.737. The summed E-state index contributed by atoms with van der Waals surface area (Å²) in [6, 6.07) is 2.75. The number of hydrogen-bond acceptors (Lipinski definition) is 3. The zero-order valence-corrected chi connectivity index (χ0v) is 13.6. The molecule has 0 aromatic heterocycles. The van der Waals surface area contributed by atoms with Crippen molar-refractivity contribution < 1.29 is 12.8 Å². The zero-order chi connectivity index (χ0) is 15.6. The maximum Gasteiger partial charge on any atom is 0.240 e. The lowest BCUT2D eigenvalue weighted by molar-refractivity contribution is 0.536. The molecule has 0 heterocycles. The van der Waals surface area contributed by atoms with Crippen LogP contribution in [0.25, 0.3) is 0 Å². The Morgan fingerprint density at radius 1 is 1.38 bits per heavy atom. The second-order valence-electron chi connectivity index (χ2n) is 5.74. The lowest BCUT2D eigenvalue weighted by Crippen LogP contribution is -2.34.